The molecule has 0 aliphatic rings. The number of carbonyl (C=O) groups is 2. The third kappa shape index (κ3) is 8.41. The van der Waals surface area contributed by atoms with Crippen LogP contribution in [0.3, 0.4) is 0 Å². The lowest BCUT2D eigenvalue weighted by atomic mass is 9.97. The van der Waals surface area contributed by atoms with Gasteiger partial charge in [0, 0.05) is 16.8 Å². The molecule has 0 atom stereocenters. The van der Waals surface area contributed by atoms with Crippen LogP contribution in [0, 0.1) is 18.3 Å². The molecule has 0 spiro atoms. The SMILES string of the molecule is COc1cc(C(=O)O)c(-c2cc(NS(=O)(=O)c3ccccc3C)ccc2Oc2ccc3cc(C#N)ccc3c2)cc1OC.O=C(O)C(F)(F)F. The molecule has 0 saturated carbocycles. The molecule has 5 aromatic carbocycles. The Labute approximate surface area is 283 Å². The number of benzene rings is 5. The number of aliphatic carboxylic acids is 1. The van der Waals surface area contributed by atoms with Crippen molar-refractivity contribution >= 4 is 38.4 Å². The van der Waals surface area contributed by atoms with E-state index in [-0.39, 0.29) is 39.0 Å². The maximum atomic E-state index is 13.3. The molecular weight excluding hydrogens is 681 g/mol. The summed E-state index contributed by atoms with van der Waals surface area (Å²) in [5.74, 6) is -2.78. The van der Waals surface area contributed by atoms with Crippen LogP contribution in [0.5, 0.6) is 23.0 Å². The van der Waals surface area contributed by atoms with Crippen LogP contribution in [-0.4, -0.2) is 51.0 Å². The molecule has 0 radical (unpaired) electrons. The number of fused-ring (bicyclic) bond motifs is 1. The van der Waals surface area contributed by atoms with Gasteiger partial charge >= 0.3 is 18.1 Å². The zero-order chi connectivity index (χ0) is 36.8. The molecule has 0 aliphatic heterocycles. The molecule has 5 aromatic rings. The number of methoxy groups -OCH3 is 2. The summed E-state index contributed by atoms with van der Waals surface area (Å²) in [6.07, 6.45) is -5.08. The number of ether oxygens (including phenoxy) is 3. The topological polar surface area (TPSA) is 172 Å². The third-order valence-electron chi connectivity index (χ3n) is 7.07. The summed E-state index contributed by atoms with van der Waals surface area (Å²) in [6, 6.07) is 26.8. The number of hydrogen-bond acceptors (Lipinski definition) is 8. The minimum absolute atomic E-state index is 0.107. The van der Waals surface area contributed by atoms with Gasteiger partial charge in [0.05, 0.1) is 36.3 Å². The summed E-state index contributed by atoms with van der Waals surface area (Å²) in [5.41, 5.74) is 1.70. The number of halogens is 3. The van der Waals surface area contributed by atoms with Gasteiger partial charge in [-0.2, -0.15) is 18.4 Å². The lowest BCUT2D eigenvalue weighted by molar-refractivity contribution is -0.192. The van der Waals surface area contributed by atoms with Crippen LogP contribution in [0.2, 0.25) is 0 Å². The van der Waals surface area contributed by atoms with Crippen molar-refractivity contribution in [2.75, 3.05) is 18.9 Å². The Morgan fingerprint density at radius 2 is 1.42 bits per heavy atom. The van der Waals surface area contributed by atoms with Gasteiger partial charge in [-0.15, -0.1) is 0 Å². The van der Waals surface area contributed by atoms with Crippen molar-refractivity contribution in [3.63, 3.8) is 0 Å². The molecule has 50 heavy (non-hydrogen) atoms. The zero-order valence-electron chi connectivity index (χ0n) is 26.4. The molecule has 5 rings (SSSR count). The highest BCUT2D eigenvalue weighted by Crippen LogP contribution is 2.42. The Kier molecular flexibility index (Phi) is 10.9. The molecule has 0 bridgehead atoms. The van der Waals surface area contributed by atoms with E-state index in [0.29, 0.717) is 22.4 Å². The normalized spacial score (nSPS) is 11.1. The van der Waals surface area contributed by atoms with Crippen molar-refractivity contribution < 1.29 is 55.6 Å². The van der Waals surface area contributed by atoms with Gasteiger partial charge in [0.15, 0.2) is 11.5 Å². The molecule has 0 aliphatic carbocycles. The molecule has 0 heterocycles. The molecule has 11 nitrogen and oxygen atoms in total. The Bertz CT molecular complexity index is 2250. The highest BCUT2D eigenvalue weighted by molar-refractivity contribution is 7.92. The number of alkyl halides is 3. The maximum absolute atomic E-state index is 13.3. The first kappa shape index (κ1) is 36.6. The van der Waals surface area contributed by atoms with E-state index in [1.54, 1.807) is 55.5 Å². The van der Waals surface area contributed by atoms with Crippen molar-refractivity contribution in [2.24, 2.45) is 0 Å². The standard InChI is InChI=1S/C33H26N2O7S.C2HF3O2/c1-20-6-4-5-7-32(20)43(38,39)35-24-11-13-29(42-25-12-10-22-14-21(19-34)8-9-23(22)15-25)27(16-24)26-17-30(40-2)31(41-3)18-28(26)33(36)37;3-2(4,5)1(6)7/h4-18,35H,1-3H3,(H,36,37);(H,6,7). The van der Waals surface area contributed by atoms with Gasteiger partial charge < -0.3 is 24.4 Å². The second kappa shape index (κ2) is 14.9. The number of carboxylic acid groups (broad SMARTS) is 2. The highest BCUT2D eigenvalue weighted by Gasteiger charge is 2.38. The molecule has 258 valence electrons. The van der Waals surface area contributed by atoms with Crippen LogP contribution >= 0.6 is 0 Å². The smallest absolute Gasteiger partial charge is 0.490 e. The number of sulfonamides is 1. The summed E-state index contributed by atoms with van der Waals surface area (Å²) in [5, 5.41) is 28.1. The number of nitrogens with one attached hydrogen (secondary N) is 1. The third-order valence-corrected chi connectivity index (χ3v) is 8.61. The number of nitriles is 1. The largest absolute Gasteiger partial charge is 0.493 e. The maximum Gasteiger partial charge on any atom is 0.490 e. The van der Waals surface area contributed by atoms with Crippen LogP contribution in [0.15, 0.2) is 95.9 Å². The fourth-order valence-electron chi connectivity index (χ4n) is 4.72. The number of aromatic carboxylic acids is 1. The van der Waals surface area contributed by atoms with Crippen molar-refractivity contribution in [2.45, 2.75) is 18.0 Å². The van der Waals surface area contributed by atoms with E-state index in [4.69, 9.17) is 24.1 Å². The molecule has 0 saturated heterocycles. The summed E-state index contributed by atoms with van der Waals surface area (Å²) < 4.78 is 77.9. The average Bonchev–Trinajstić information content (AvgIpc) is 3.07. The quantitative estimate of drug-likeness (QED) is 0.138. The molecule has 0 amide bonds. The van der Waals surface area contributed by atoms with E-state index in [9.17, 15) is 36.8 Å². The monoisotopic (exact) mass is 708 g/mol. The van der Waals surface area contributed by atoms with E-state index >= 15 is 0 Å². The van der Waals surface area contributed by atoms with Gasteiger partial charge in [-0.05, 0) is 83.9 Å². The lowest BCUT2D eigenvalue weighted by Gasteiger charge is -2.18. The van der Waals surface area contributed by atoms with Gasteiger partial charge in [-0.1, -0.05) is 30.3 Å². The van der Waals surface area contributed by atoms with E-state index in [2.05, 4.69) is 10.8 Å². The molecular formula is C35H27F3N2O9S. The zero-order valence-corrected chi connectivity index (χ0v) is 27.2. The van der Waals surface area contributed by atoms with Gasteiger partial charge in [-0.25, -0.2) is 18.0 Å². The lowest BCUT2D eigenvalue weighted by Crippen LogP contribution is -2.21. The van der Waals surface area contributed by atoms with E-state index in [1.807, 2.05) is 12.1 Å². The van der Waals surface area contributed by atoms with Gasteiger partial charge in [0.1, 0.15) is 11.5 Å². The number of anilines is 1. The fourth-order valence-corrected chi connectivity index (χ4v) is 6.02. The Morgan fingerprint density at radius 1 is 0.800 bits per heavy atom. The van der Waals surface area contributed by atoms with Crippen molar-refractivity contribution in [3.8, 4) is 40.2 Å². The first-order valence-electron chi connectivity index (χ1n) is 14.2. The first-order valence-corrected chi connectivity index (χ1v) is 15.7. The molecule has 0 aromatic heterocycles. The van der Waals surface area contributed by atoms with Crippen LogP contribution in [0.4, 0.5) is 18.9 Å². The first-order chi connectivity index (χ1) is 23.6. The van der Waals surface area contributed by atoms with E-state index < -0.39 is 28.1 Å². The number of hydrogen-bond donors (Lipinski definition) is 3. The Morgan fingerprint density at radius 3 is 2.02 bits per heavy atom. The summed E-state index contributed by atoms with van der Waals surface area (Å²) in [4.78, 5) is 21.4. The number of carboxylic acids is 2. The number of nitrogens with zero attached hydrogens (tertiary/aromatic N) is 1. The van der Waals surface area contributed by atoms with Gasteiger partial charge in [0.2, 0.25) is 0 Å². The van der Waals surface area contributed by atoms with Gasteiger partial charge in [0.25, 0.3) is 10.0 Å². The molecule has 3 N–H and O–H groups in total. The highest BCUT2D eigenvalue weighted by atomic mass is 32.2. The van der Waals surface area contributed by atoms with Crippen molar-refractivity contribution in [3.05, 3.63) is 108 Å². The summed E-state index contributed by atoms with van der Waals surface area (Å²) >= 11 is 0. The minimum atomic E-state index is -5.08. The van der Waals surface area contributed by atoms with Crippen LogP contribution in [0.25, 0.3) is 21.9 Å². The number of aryl methyl sites for hydroxylation is 1. The average molecular weight is 709 g/mol. The summed E-state index contributed by atoms with van der Waals surface area (Å²) in [6.45, 7) is 1.70. The number of rotatable bonds is 9. The van der Waals surface area contributed by atoms with E-state index in [1.165, 1.54) is 44.6 Å². The van der Waals surface area contributed by atoms with Crippen molar-refractivity contribution in [1.82, 2.24) is 0 Å². The second-order valence-corrected chi connectivity index (χ2v) is 12.0. The molecule has 0 fully saturated rings. The van der Waals surface area contributed by atoms with E-state index in [0.717, 1.165) is 10.8 Å². The molecule has 15 heteroatoms. The fraction of sp³-hybridized carbons (Fsp3) is 0.114. The van der Waals surface area contributed by atoms with Crippen molar-refractivity contribution in [1.29, 1.82) is 5.26 Å². The second-order valence-electron chi connectivity index (χ2n) is 10.4. The van der Waals surface area contributed by atoms with Crippen LogP contribution in [0.1, 0.15) is 21.5 Å². The Hall–Kier alpha value is -6.27. The Balaban J connectivity index is 0.000000727. The molecule has 0 unspecified atom stereocenters. The summed E-state index contributed by atoms with van der Waals surface area (Å²) in [7, 11) is -1.14. The van der Waals surface area contributed by atoms with Crippen LogP contribution < -0.4 is 18.9 Å². The predicted octanol–water partition coefficient (Wildman–Crippen LogP) is 7.63. The van der Waals surface area contributed by atoms with Crippen LogP contribution in [-0.2, 0) is 14.8 Å². The minimum Gasteiger partial charge on any atom is -0.493 e. The van der Waals surface area contributed by atoms with Gasteiger partial charge in [-0.3, -0.25) is 4.72 Å². The predicted molar refractivity (Wildman–Crippen MR) is 176 cm³/mol.